The van der Waals surface area contributed by atoms with E-state index in [1.54, 1.807) is 6.08 Å². The zero-order valence-electron chi connectivity index (χ0n) is 9.58. The van der Waals surface area contributed by atoms with Crippen LogP contribution < -0.4 is 5.32 Å². The fourth-order valence-corrected chi connectivity index (χ4v) is 2.48. The maximum Gasteiger partial charge on any atom is 0.148 e. The number of piperidine rings is 1. The van der Waals surface area contributed by atoms with Gasteiger partial charge in [0.15, 0.2) is 0 Å². The second kappa shape index (κ2) is 4.45. The second-order valence-electron chi connectivity index (χ2n) is 4.56. The first-order valence-corrected chi connectivity index (χ1v) is 6.07. The topological polar surface area (TPSA) is 38.1 Å². The van der Waals surface area contributed by atoms with E-state index in [4.69, 9.17) is 4.52 Å². The molecule has 1 aromatic rings. The number of allylic oxidation sites excluding steroid dienone is 3. The molecule has 3 rings (SSSR count). The number of fused-ring (bicyclic) bond motifs is 1. The van der Waals surface area contributed by atoms with E-state index in [0.717, 1.165) is 42.9 Å². The Balaban J connectivity index is 1.92. The van der Waals surface area contributed by atoms with Crippen molar-refractivity contribution in [2.75, 3.05) is 13.1 Å². The van der Waals surface area contributed by atoms with Gasteiger partial charge in [0.05, 0.1) is 5.69 Å². The molecule has 0 bridgehead atoms. The van der Waals surface area contributed by atoms with Crippen molar-refractivity contribution in [3.8, 4) is 0 Å². The molecule has 0 aromatic carbocycles. The van der Waals surface area contributed by atoms with Gasteiger partial charge in [0.2, 0.25) is 0 Å². The van der Waals surface area contributed by atoms with Gasteiger partial charge in [0.25, 0.3) is 0 Å². The van der Waals surface area contributed by atoms with E-state index in [2.05, 4.69) is 10.5 Å². The fourth-order valence-electron chi connectivity index (χ4n) is 2.48. The molecule has 2 aliphatic rings. The van der Waals surface area contributed by atoms with Crippen LogP contribution in [0.25, 0.3) is 6.08 Å². The maximum absolute atomic E-state index is 13.2. The highest BCUT2D eigenvalue weighted by atomic mass is 19.1. The molecule has 1 fully saturated rings. The lowest BCUT2D eigenvalue weighted by Crippen LogP contribution is -2.27. The Morgan fingerprint density at radius 3 is 2.94 bits per heavy atom. The monoisotopic (exact) mass is 234 g/mol. The average molecular weight is 234 g/mol. The Bertz CT molecular complexity index is 470. The van der Waals surface area contributed by atoms with Crippen molar-refractivity contribution in [2.45, 2.75) is 25.2 Å². The van der Waals surface area contributed by atoms with E-state index in [9.17, 15) is 4.39 Å². The molecule has 2 heterocycles. The molecule has 0 unspecified atom stereocenters. The molecule has 0 amide bonds. The predicted octanol–water partition coefficient (Wildman–Crippen LogP) is 2.56. The van der Waals surface area contributed by atoms with Crippen LogP contribution in [0.5, 0.6) is 0 Å². The SMILES string of the molecule is FC1=CCc2onc(C3CCNCC3)c2C=C1. The van der Waals surface area contributed by atoms with Gasteiger partial charge in [-0.2, -0.15) is 0 Å². The Labute approximate surface area is 99.4 Å². The number of halogens is 1. The van der Waals surface area contributed by atoms with E-state index >= 15 is 0 Å². The van der Waals surface area contributed by atoms with Crippen LogP contribution >= 0.6 is 0 Å². The largest absolute Gasteiger partial charge is 0.360 e. The molecule has 0 spiro atoms. The van der Waals surface area contributed by atoms with Crippen LogP contribution in [0.3, 0.4) is 0 Å². The van der Waals surface area contributed by atoms with Crippen LogP contribution in [0.15, 0.2) is 22.5 Å². The first-order valence-electron chi connectivity index (χ1n) is 6.07. The molecule has 0 radical (unpaired) electrons. The Kier molecular flexibility index (Phi) is 2.81. The minimum absolute atomic E-state index is 0.201. The molecule has 1 saturated heterocycles. The summed E-state index contributed by atoms with van der Waals surface area (Å²) in [5, 5.41) is 7.51. The van der Waals surface area contributed by atoms with Gasteiger partial charge in [-0.3, -0.25) is 0 Å². The molecule has 1 N–H and O–H groups in total. The van der Waals surface area contributed by atoms with Gasteiger partial charge >= 0.3 is 0 Å². The summed E-state index contributed by atoms with van der Waals surface area (Å²) in [4.78, 5) is 0. The van der Waals surface area contributed by atoms with Crippen LogP contribution in [-0.2, 0) is 6.42 Å². The van der Waals surface area contributed by atoms with E-state index < -0.39 is 0 Å². The maximum atomic E-state index is 13.2. The van der Waals surface area contributed by atoms with E-state index in [-0.39, 0.29) is 5.83 Å². The number of nitrogens with one attached hydrogen (secondary N) is 1. The minimum atomic E-state index is -0.201. The van der Waals surface area contributed by atoms with Crippen LogP contribution in [0.2, 0.25) is 0 Å². The van der Waals surface area contributed by atoms with Crippen molar-refractivity contribution in [3.63, 3.8) is 0 Å². The highest BCUT2D eigenvalue weighted by Crippen LogP contribution is 2.31. The van der Waals surface area contributed by atoms with Crippen molar-refractivity contribution < 1.29 is 8.91 Å². The molecule has 0 saturated carbocycles. The Hall–Kier alpha value is -1.42. The summed E-state index contributed by atoms with van der Waals surface area (Å²) in [7, 11) is 0. The van der Waals surface area contributed by atoms with Gasteiger partial charge in [-0.15, -0.1) is 0 Å². The van der Waals surface area contributed by atoms with Gasteiger partial charge in [0.1, 0.15) is 11.6 Å². The summed E-state index contributed by atoms with van der Waals surface area (Å²) in [6.45, 7) is 2.03. The summed E-state index contributed by atoms with van der Waals surface area (Å²) in [5.41, 5.74) is 1.99. The Morgan fingerprint density at radius 2 is 2.12 bits per heavy atom. The predicted molar refractivity (Wildman–Crippen MR) is 63.3 cm³/mol. The van der Waals surface area contributed by atoms with Crippen LogP contribution in [0.4, 0.5) is 4.39 Å². The molecule has 1 aliphatic carbocycles. The molecule has 3 nitrogen and oxygen atoms in total. The molecule has 90 valence electrons. The number of hydrogen-bond acceptors (Lipinski definition) is 3. The fraction of sp³-hybridized carbons (Fsp3) is 0.462. The van der Waals surface area contributed by atoms with Gasteiger partial charge in [-0.1, -0.05) is 5.16 Å². The normalized spacial score (nSPS) is 20.9. The van der Waals surface area contributed by atoms with Crippen molar-refractivity contribution in [1.29, 1.82) is 0 Å². The van der Waals surface area contributed by atoms with Crippen LogP contribution in [-0.4, -0.2) is 18.2 Å². The molecular formula is C13H15FN2O. The minimum Gasteiger partial charge on any atom is -0.360 e. The van der Waals surface area contributed by atoms with E-state index in [1.165, 1.54) is 12.2 Å². The highest BCUT2D eigenvalue weighted by molar-refractivity contribution is 5.59. The summed E-state index contributed by atoms with van der Waals surface area (Å²) in [6.07, 6.45) is 7.45. The van der Waals surface area contributed by atoms with Crippen molar-refractivity contribution in [1.82, 2.24) is 10.5 Å². The van der Waals surface area contributed by atoms with Crippen molar-refractivity contribution in [3.05, 3.63) is 35.0 Å². The number of rotatable bonds is 1. The van der Waals surface area contributed by atoms with Crippen LogP contribution in [0.1, 0.15) is 35.8 Å². The lowest BCUT2D eigenvalue weighted by molar-refractivity contribution is 0.366. The van der Waals surface area contributed by atoms with Crippen molar-refractivity contribution in [2.24, 2.45) is 0 Å². The first-order chi connectivity index (χ1) is 8.34. The quantitative estimate of drug-likeness (QED) is 0.811. The summed E-state index contributed by atoms with van der Waals surface area (Å²) in [5.74, 6) is 1.02. The van der Waals surface area contributed by atoms with Gasteiger partial charge < -0.3 is 9.84 Å². The second-order valence-corrected chi connectivity index (χ2v) is 4.56. The molecule has 1 aliphatic heterocycles. The van der Waals surface area contributed by atoms with Gasteiger partial charge in [-0.05, 0) is 44.2 Å². The summed E-state index contributed by atoms with van der Waals surface area (Å²) >= 11 is 0. The first kappa shape index (κ1) is 10.7. The van der Waals surface area contributed by atoms with Crippen LogP contribution in [0, 0.1) is 0 Å². The molecule has 17 heavy (non-hydrogen) atoms. The number of hydrogen-bond donors (Lipinski definition) is 1. The highest BCUT2D eigenvalue weighted by Gasteiger charge is 2.24. The molecule has 4 heteroatoms. The van der Waals surface area contributed by atoms with E-state index in [1.807, 2.05) is 0 Å². The number of aromatic nitrogens is 1. The smallest absolute Gasteiger partial charge is 0.148 e. The summed E-state index contributed by atoms with van der Waals surface area (Å²) < 4.78 is 18.5. The zero-order chi connectivity index (χ0) is 11.7. The molecule has 0 atom stereocenters. The third-order valence-electron chi connectivity index (χ3n) is 3.45. The van der Waals surface area contributed by atoms with Gasteiger partial charge in [-0.25, -0.2) is 4.39 Å². The average Bonchev–Trinajstić information content (AvgIpc) is 2.69. The molecule has 1 aromatic heterocycles. The summed E-state index contributed by atoms with van der Waals surface area (Å²) in [6, 6.07) is 0. The lowest BCUT2D eigenvalue weighted by Gasteiger charge is -2.20. The van der Waals surface area contributed by atoms with E-state index in [0.29, 0.717) is 12.3 Å². The molecular weight excluding hydrogens is 219 g/mol. The zero-order valence-corrected chi connectivity index (χ0v) is 9.58. The third kappa shape index (κ3) is 2.05. The number of nitrogens with zero attached hydrogens (tertiary/aromatic N) is 1. The lowest BCUT2D eigenvalue weighted by atomic mass is 9.91. The van der Waals surface area contributed by atoms with Gasteiger partial charge in [0, 0.05) is 17.9 Å². The Morgan fingerprint density at radius 1 is 1.29 bits per heavy atom. The third-order valence-corrected chi connectivity index (χ3v) is 3.45. The van der Waals surface area contributed by atoms with Crippen molar-refractivity contribution >= 4 is 6.08 Å². The standard InChI is InChI=1S/C13H15FN2O/c14-10-1-3-11-12(4-2-10)17-16-13(11)9-5-7-15-8-6-9/h1-3,9,15H,4-8H2.